The summed E-state index contributed by atoms with van der Waals surface area (Å²) in [5, 5.41) is 5.24. The third-order valence-electron chi connectivity index (χ3n) is 9.05. The summed E-state index contributed by atoms with van der Waals surface area (Å²) >= 11 is 0. The minimum absolute atomic E-state index is 0.0676. The lowest BCUT2D eigenvalue weighted by atomic mass is 9.79. The Hall–Kier alpha value is -4.94. The van der Waals surface area contributed by atoms with Gasteiger partial charge in [0, 0.05) is 5.41 Å². The van der Waals surface area contributed by atoms with Crippen LogP contribution in [0.1, 0.15) is 25.0 Å². The first-order chi connectivity index (χ1) is 20.1. The van der Waals surface area contributed by atoms with Gasteiger partial charge in [0.25, 0.3) is 0 Å². The standard InChI is InChI=1S/C41H30/c1-41(2)35-23-12-11-22-33(35)39-36(41)25-24-34-37(28-16-7-4-8-17-28)31-20-9-10-21-32(31)38(40(34)39)30-19-13-18-29(26-30)27-14-5-3-6-15-27/h3-26H,1-2H3. The van der Waals surface area contributed by atoms with Gasteiger partial charge < -0.3 is 0 Å². The highest BCUT2D eigenvalue weighted by Crippen LogP contribution is 2.55. The Morgan fingerprint density at radius 3 is 1.71 bits per heavy atom. The maximum atomic E-state index is 2.39. The molecular formula is C41H30. The fourth-order valence-corrected chi connectivity index (χ4v) is 7.16. The highest BCUT2D eigenvalue weighted by molar-refractivity contribution is 6.25. The van der Waals surface area contributed by atoms with Crippen LogP contribution in [0.25, 0.3) is 66.1 Å². The lowest BCUT2D eigenvalue weighted by Crippen LogP contribution is -2.14. The predicted molar refractivity (Wildman–Crippen MR) is 175 cm³/mol. The van der Waals surface area contributed by atoms with Gasteiger partial charge in [0.05, 0.1) is 0 Å². The fourth-order valence-electron chi connectivity index (χ4n) is 7.16. The Kier molecular flexibility index (Phi) is 5.27. The first-order valence-electron chi connectivity index (χ1n) is 14.5. The van der Waals surface area contributed by atoms with Crippen LogP contribution in [0, 0.1) is 0 Å². The minimum Gasteiger partial charge on any atom is -0.0622 e. The maximum Gasteiger partial charge on any atom is 0.0159 e. The van der Waals surface area contributed by atoms with Crippen LogP contribution < -0.4 is 0 Å². The Balaban J connectivity index is 1.59. The van der Waals surface area contributed by atoms with Crippen molar-refractivity contribution in [2.24, 2.45) is 0 Å². The first kappa shape index (κ1) is 23.9. The molecule has 0 spiro atoms. The number of hydrogen-bond donors (Lipinski definition) is 0. The zero-order valence-corrected chi connectivity index (χ0v) is 23.4. The summed E-state index contributed by atoms with van der Waals surface area (Å²) in [7, 11) is 0. The van der Waals surface area contributed by atoms with E-state index in [1.807, 2.05) is 0 Å². The van der Waals surface area contributed by atoms with Crippen molar-refractivity contribution < 1.29 is 0 Å². The molecule has 41 heavy (non-hydrogen) atoms. The Labute approximate surface area is 241 Å². The predicted octanol–water partition coefficient (Wildman–Crippen LogP) is 11.3. The molecular weight excluding hydrogens is 492 g/mol. The van der Waals surface area contributed by atoms with Crippen molar-refractivity contribution in [3.8, 4) is 44.5 Å². The number of rotatable bonds is 3. The number of benzene rings is 7. The molecule has 0 radical (unpaired) electrons. The SMILES string of the molecule is CC1(C)c2ccccc2-c2c1ccc1c(-c3ccccc3)c3ccccc3c(-c3cccc(-c4ccccc4)c3)c21. The molecule has 0 saturated carbocycles. The van der Waals surface area contributed by atoms with Crippen molar-refractivity contribution in [1.29, 1.82) is 0 Å². The van der Waals surface area contributed by atoms with Gasteiger partial charge in [-0.1, -0.05) is 153 Å². The van der Waals surface area contributed by atoms with Crippen molar-refractivity contribution in [1.82, 2.24) is 0 Å². The molecule has 1 aliphatic rings. The van der Waals surface area contributed by atoms with Gasteiger partial charge in [0.2, 0.25) is 0 Å². The molecule has 8 rings (SSSR count). The zero-order valence-electron chi connectivity index (χ0n) is 23.4. The number of fused-ring (bicyclic) bond motifs is 6. The van der Waals surface area contributed by atoms with Gasteiger partial charge in [0.15, 0.2) is 0 Å². The van der Waals surface area contributed by atoms with Gasteiger partial charge in [-0.05, 0) is 83.2 Å². The van der Waals surface area contributed by atoms with Crippen LogP contribution in [0.2, 0.25) is 0 Å². The van der Waals surface area contributed by atoms with Gasteiger partial charge in [-0.15, -0.1) is 0 Å². The molecule has 194 valence electrons. The summed E-state index contributed by atoms with van der Waals surface area (Å²) in [6.45, 7) is 4.75. The van der Waals surface area contributed by atoms with Gasteiger partial charge in [-0.3, -0.25) is 0 Å². The lowest BCUT2D eigenvalue weighted by molar-refractivity contribution is 0.661. The Bertz CT molecular complexity index is 2100. The quantitative estimate of drug-likeness (QED) is 0.202. The van der Waals surface area contributed by atoms with E-state index in [0.717, 1.165) is 0 Å². The van der Waals surface area contributed by atoms with Crippen molar-refractivity contribution >= 4 is 21.5 Å². The van der Waals surface area contributed by atoms with E-state index in [4.69, 9.17) is 0 Å². The van der Waals surface area contributed by atoms with Crippen molar-refractivity contribution in [3.63, 3.8) is 0 Å². The summed E-state index contributed by atoms with van der Waals surface area (Å²) in [6.07, 6.45) is 0. The van der Waals surface area contributed by atoms with Crippen molar-refractivity contribution in [3.05, 3.63) is 157 Å². The third-order valence-corrected chi connectivity index (χ3v) is 9.05. The normalized spacial score (nSPS) is 13.3. The van der Waals surface area contributed by atoms with E-state index in [0.29, 0.717) is 0 Å². The van der Waals surface area contributed by atoms with E-state index >= 15 is 0 Å². The van der Waals surface area contributed by atoms with E-state index in [2.05, 4.69) is 159 Å². The van der Waals surface area contributed by atoms with Gasteiger partial charge in [0.1, 0.15) is 0 Å². The Morgan fingerprint density at radius 1 is 0.366 bits per heavy atom. The molecule has 7 aromatic carbocycles. The van der Waals surface area contributed by atoms with Crippen LogP contribution in [-0.4, -0.2) is 0 Å². The van der Waals surface area contributed by atoms with E-state index < -0.39 is 0 Å². The molecule has 0 bridgehead atoms. The van der Waals surface area contributed by atoms with Crippen LogP contribution in [-0.2, 0) is 5.41 Å². The summed E-state index contributed by atoms with van der Waals surface area (Å²) in [5.41, 5.74) is 13.1. The van der Waals surface area contributed by atoms with Gasteiger partial charge in [-0.25, -0.2) is 0 Å². The average Bonchev–Trinajstić information content (AvgIpc) is 3.27. The highest BCUT2D eigenvalue weighted by atomic mass is 14.4. The van der Waals surface area contributed by atoms with E-state index in [-0.39, 0.29) is 5.41 Å². The molecule has 0 amide bonds. The average molecular weight is 523 g/mol. The second-order valence-electron chi connectivity index (χ2n) is 11.7. The minimum atomic E-state index is -0.0676. The van der Waals surface area contributed by atoms with Crippen LogP contribution >= 0.6 is 0 Å². The summed E-state index contributed by atoms with van der Waals surface area (Å²) in [5.74, 6) is 0. The molecule has 0 aromatic heterocycles. The third kappa shape index (κ3) is 3.54. The smallest absolute Gasteiger partial charge is 0.0159 e. The van der Waals surface area contributed by atoms with Gasteiger partial charge in [-0.2, -0.15) is 0 Å². The van der Waals surface area contributed by atoms with Crippen molar-refractivity contribution in [2.45, 2.75) is 19.3 Å². The summed E-state index contributed by atoms with van der Waals surface area (Å²) in [4.78, 5) is 0. The zero-order chi connectivity index (χ0) is 27.6. The largest absolute Gasteiger partial charge is 0.0622 e. The number of hydrogen-bond acceptors (Lipinski definition) is 0. The summed E-state index contributed by atoms with van der Waals surface area (Å²) in [6, 6.07) is 53.5. The molecule has 0 nitrogen and oxygen atoms in total. The molecule has 0 aliphatic heterocycles. The topological polar surface area (TPSA) is 0 Å². The molecule has 0 atom stereocenters. The second kappa shape index (κ2) is 9.04. The van der Waals surface area contributed by atoms with E-state index in [1.54, 1.807) is 0 Å². The second-order valence-corrected chi connectivity index (χ2v) is 11.7. The van der Waals surface area contributed by atoms with E-state index in [1.165, 1.54) is 77.2 Å². The molecule has 0 unspecified atom stereocenters. The van der Waals surface area contributed by atoms with Crippen molar-refractivity contribution in [2.75, 3.05) is 0 Å². The first-order valence-corrected chi connectivity index (χ1v) is 14.5. The lowest BCUT2D eigenvalue weighted by Gasteiger charge is -2.23. The van der Waals surface area contributed by atoms with Crippen LogP contribution in [0.5, 0.6) is 0 Å². The molecule has 0 saturated heterocycles. The van der Waals surface area contributed by atoms with Crippen LogP contribution in [0.4, 0.5) is 0 Å². The van der Waals surface area contributed by atoms with E-state index in [9.17, 15) is 0 Å². The molecule has 0 N–H and O–H groups in total. The molecule has 0 heteroatoms. The summed E-state index contributed by atoms with van der Waals surface area (Å²) < 4.78 is 0. The maximum absolute atomic E-state index is 2.39. The van der Waals surface area contributed by atoms with Gasteiger partial charge >= 0.3 is 0 Å². The fraction of sp³-hybridized carbons (Fsp3) is 0.0732. The Morgan fingerprint density at radius 2 is 0.951 bits per heavy atom. The van der Waals surface area contributed by atoms with Crippen LogP contribution in [0.3, 0.4) is 0 Å². The molecule has 1 aliphatic carbocycles. The molecule has 0 fully saturated rings. The molecule has 7 aromatic rings. The van der Waals surface area contributed by atoms with Crippen LogP contribution in [0.15, 0.2) is 146 Å². The monoisotopic (exact) mass is 522 g/mol. The molecule has 0 heterocycles. The highest BCUT2D eigenvalue weighted by Gasteiger charge is 2.37.